The maximum absolute atomic E-state index is 12.4. The molecule has 1 unspecified atom stereocenters. The SMILES string of the molecule is NC(=O)C1CCCCN1S(=O)(=O)c1cc(N)cs1. The molecule has 1 atom stereocenters. The van der Waals surface area contributed by atoms with Gasteiger partial charge in [-0.05, 0) is 18.9 Å². The van der Waals surface area contributed by atoms with E-state index in [9.17, 15) is 13.2 Å². The third-order valence-electron chi connectivity index (χ3n) is 2.94. The summed E-state index contributed by atoms with van der Waals surface area (Å²) < 4.78 is 26.1. The van der Waals surface area contributed by atoms with Crippen LogP contribution in [0.25, 0.3) is 0 Å². The third kappa shape index (κ3) is 2.36. The number of nitrogen functional groups attached to an aromatic ring is 1. The average Bonchev–Trinajstić information content (AvgIpc) is 2.76. The number of anilines is 1. The van der Waals surface area contributed by atoms with E-state index < -0.39 is 22.0 Å². The first-order valence-corrected chi connectivity index (χ1v) is 7.90. The molecule has 8 heteroatoms. The van der Waals surface area contributed by atoms with Crippen LogP contribution in [0.2, 0.25) is 0 Å². The number of rotatable bonds is 3. The summed E-state index contributed by atoms with van der Waals surface area (Å²) in [5.74, 6) is -0.595. The molecule has 0 spiro atoms. The molecule has 1 amide bonds. The highest BCUT2D eigenvalue weighted by molar-refractivity contribution is 7.91. The number of primary amides is 1. The Morgan fingerprint density at radius 3 is 2.72 bits per heavy atom. The number of carbonyl (C=O) groups is 1. The predicted molar refractivity (Wildman–Crippen MR) is 69.5 cm³/mol. The Labute approximate surface area is 110 Å². The van der Waals surface area contributed by atoms with E-state index in [0.717, 1.165) is 24.2 Å². The second kappa shape index (κ2) is 4.87. The van der Waals surface area contributed by atoms with Gasteiger partial charge in [0.1, 0.15) is 10.3 Å². The van der Waals surface area contributed by atoms with E-state index in [-0.39, 0.29) is 4.21 Å². The molecular formula is C10H15N3O3S2. The second-order valence-electron chi connectivity index (χ2n) is 4.23. The summed E-state index contributed by atoms with van der Waals surface area (Å²) in [7, 11) is -3.66. The summed E-state index contributed by atoms with van der Waals surface area (Å²) in [6, 6.07) is 0.666. The van der Waals surface area contributed by atoms with E-state index in [4.69, 9.17) is 11.5 Å². The van der Waals surface area contributed by atoms with Crippen LogP contribution in [0.15, 0.2) is 15.7 Å². The predicted octanol–water partition coefficient (Wildman–Crippen LogP) is 0.359. The molecule has 6 nitrogen and oxygen atoms in total. The molecule has 1 saturated heterocycles. The lowest BCUT2D eigenvalue weighted by atomic mass is 10.0. The molecule has 0 saturated carbocycles. The first kappa shape index (κ1) is 13.3. The highest BCUT2D eigenvalue weighted by Crippen LogP contribution is 2.29. The molecule has 1 aliphatic heterocycles. The Hall–Kier alpha value is -1.12. The minimum Gasteiger partial charge on any atom is -0.398 e. The van der Waals surface area contributed by atoms with Crippen molar-refractivity contribution in [1.82, 2.24) is 4.31 Å². The molecule has 4 N–H and O–H groups in total. The van der Waals surface area contributed by atoms with Crippen LogP contribution < -0.4 is 11.5 Å². The number of amides is 1. The molecular weight excluding hydrogens is 274 g/mol. The van der Waals surface area contributed by atoms with Gasteiger partial charge in [-0.3, -0.25) is 4.79 Å². The lowest BCUT2D eigenvalue weighted by Crippen LogP contribution is -2.50. The zero-order chi connectivity index (χ0) is 13.3. The highest BCUT2D eigenvalue weighted by atomic mass is 32.2. The summed E-state index contributed by atoms with van der Waals surface area (Å²) in [6.45, 7) is 0.327. The molecule has 0 radical (unpaired) electrons. The van der Waals surface area contributed by atoms with Gasteiger partial charge in [-0.25, -0.2) is 8.42 Å². The molecule has 0 aliphatic carbocycles. The summed E-state index contributed by atoms with van der Waals surface area (Å²) >= 11 is 1.06. The number of hydrogen-bond acceptors (Lipinski definition) is 5. The maximum Gasteiger partial charge on any atom is 0.253 e. The van der Waals surface area contributed by atoms with Crippen molar-refractivity contribution in [3.05, 3.63) is 11.4 Å². The fourth-order valence-corrected chi connectivity index (χ4v) is 4.93. The molecule has 100 valence electrons. The van der Waals surface area contributed by atoms with Gasteiger partial charge in [0.15, 0.2) is 0 Å². The van der Waals surface area contributed by atoms with E-state index in [2.05, 4.69) is 0 Å². The van der Waals surface area contributed by atoms with Crippen molar-refractivity contribution in [2.45, 2.75) is 29.5 Å². The van der Waals surface area contributed by atoms with E-state index >= 15 is 0 Å². The molecule has 1 aliphatic rings. The van der Waals surface area contributed by atoms with Crippen LogP contribution in [0, 0.1) is 0 Å². The van der Waals surface area contributed by atoms with Gasteiger partial charge in [0.2, 0.25) is 5.91 Å². The van der Waals surface area contributed by atoms with Crippen molar-refractivity contribution in [1.29, 1.82) is 0 Å². The zero-order valence-corrected chi connectivity index (χ0v) is 11.3. The summed E-state index contributed by atoms with van der Waals surface area (Å²) in [4.78, 5) is 11.3. The number of thiophene rings is 1. The first-order chi connectivity index (χ1) is 8.43. The molecule has 1 aromatic rings. The second-order valence-corrected chi connectivity index (χ2v) is 7.26. The van der Waals surface area contributed by atoms with Crippen LogP contribution in [-0.2, 0) is 14.8 Å². The minimum absolute atomic E-state index is 0.160. The van der Waals surface area contributed by atoms with Crippen molar-refractivity contribution in [2.24, 2.45) is 5.73 Å². The normalized spacial score (nSPS) is 21.9. The Bertz CT molecular complexity index is 552. The van der Waals surface area contributed by atoms with E-state index in [0.29, 0.717) is 18.7 Å². The lowest BCUT2D eigenvalue weighted by molar-refractivity contribution is -0.122. The number of sulfonamides is 1. The van der Waals surface area contributed by atoms with Gasteiger partial charge in [0, 0.05) is 17.6 Å². The van der Waals surface area contributed by atoms with Gasteiger partial charge >= 0.3 is 0 Å². The molecule has 2 heterocycles. The van der Waals surface area contributed by atoms with E-state index in [1.165, 1.54) is 10.4 Å². The number of piperidine rings is 1. The van der Waals surface area contributed by atoms with Crippen LogP contribution in [0.4, 0.5) is 5.69 Å². The molecule has 0 bridgehead atoms. The number of carbonyl (C=O) groups excluding carboxylic acids is 1. The molecule has 1 fully saturated rings. The number of nitrogens with zero attached hydrogens (tertiary/aromatic N) is 1. The van der Waals surface area contributed by atoms with Gasteiger partial charge in [-0.15, -0.1) is 11.3 Å². The fraction of sp³-hybridized carbons (Fsp3) is 0.500. The quantitative estimate of drug-likeness (QED) is 0.837. The van der Waals surface area contributed by atoms with Gasteiger partial charge in [0.25, 0.3) is 10.0 Å². The smallest absolute Gasteiger partial charge is 0.253 e. The number of nitrogens with two attached hydrogens (primary N) is 2. The van der Waals surface area contributed by atoms with Gasteiger partial charge in [-0.1, -0.05) is 6.42 Å². The van der Waals surface area contributed by atoms with Crippen LogP contribution in [-0.4, -0.2) is 31.2 Å². The summed E-state index contributed by atoms with van der Waals surface area (Å²) in [6.07, 6.45) is 2.03. The van der Waals surface area contributed by atoms with Gasteiger partial charge in [0.05, 0.1) is 0 Å². The summed E-state index contributed by atoms with van der Waals surface area (Å²) in [5.41, 5.74) is 11.2. The van der Waals surface area contributed by atoms with Gasteiger partial charge in [-0.2, -0.15) is 4.31 Å². The monoisotopic (exact) mass is 289 g/mol. The Morgan fingerprint density at radius 1 is 1.44 bits per heavy atom. The zero-order valence-electron chi connectivity index (χ0n) is 9.70. The van der Waals surface area contributed by atoms with Crippen LogP contribution in [0.3, 0.4) is 0 Å². The van der Waals surface area contributed by atoms with E-state index in [1.807, 2.05) is 0 Å². The van der Waals surface area contributed by atoms with Crippen molar-refractivity contribution in [2.75, 3.05) is 12.3 Å². The topological polar surface area (TPSA) is 106 Å². The lowest BCUT2D eigenvalue weighted by Gasteiger charge is -2.32. The van der Waals surface area contributed by atoms with Gasteiger partial charge < -0.3 is 11.5 Å². The Balaban J connectivity index is 2.36. The molecule has 2 rings (SSSR count). The first-order valence-electron chi connectivity index (χ1n) is 5.58. The maximum atomic E-state index is 12.4. The largest absolute Gasteiger partial charge is 0.398 e. The summed E-state index contributed by atoms with van der Waals surface area (Å²) in [5, 5.41) is 1.57. The standard InChI is InChI=1S/C10H15N3O3S2/c11-7-5-9(17-6-7)18(15,16)13-4-2-1-3-8(13)10(12)14/h5-6,8H,1-4,11H2,(H2,12,14). The van der Waals surface area contributed by atoms with E-state index in [1.54, 1.807) is 5.38 Å². The average molecular weight is 289 g/mol. The number of hydrogen-bond donors (Lipinski definition) is 2. The van der Waals surface area contributed by atoms with Crippen LogP contribution in [0.1, 0.15) is 19.3 Å². The fourth-order valence-electron chi connectivity index (χ4n) is 2.06. The molecule has 18 heavy (non-hydrogen) atoms. The minimum atomic E-state index is -3.66. The Kier molecular flexibility index (Phi) is 3.60. The van der Waals surface area contributed by atoms with Crippen LogP contribution >= 0.6 is 11.3 Å². The van der Waals surface area contributed by atoms with Crippen molar-refractivity contribution < 1.29 is 13.2 Å². The van der Waals surface area contributed by atoms with Crippen LogP contribution in [0.5, 0.6) is 0 Å². The van der Waals surface area contributed by atoms with Crippen molar-refractivity contribution >= 4 is 33.0 Å². The van der Waals surface area contributed by atoms with Crippen molar-refractivity contribution in [3.63, 3.8) is 0 Å². The highest BCUT2D eigenvalue weighted by Gasteiger charge is 2.37. The molecule has 1 aromatic heterocycles. The van der Waals surface area contributed by atoms with Crippen molar-refractivity contribution in [3.8, 4) is 0 Å². The molecule has 0 aromatic carbocycles. The third-order valence-corrected chi connectivity index (χ3v) is 6.28. The Morgan fingerprint density at radius 2 is 2.17 bits per heavy atom.